The molecule has 100 valence electrons. The highest BCUT2D eigenvalue weighted by Gasteiger charge is 2.06. The van der Waals surface area contributed by atoms with E-state index in [2.05, 4.69) is 5.32 Å². The summed E-state index contributed by atoms with van der Waals surface area (Å²) in [6.45, 7) is 3.73. The first-order chi connectivity index (χ1) is 8.77. The molecule has 0 aliphatic heterocycles. The van der Waals surface area contributed by atoms with Gasteiger partial charge in [0.05, 0.1) is 18.8 Å². The minimum absolute atomic E-state index is 0.0707. The first-order valence-electron chi connectivity index (χ1n) is 5.97. The molecule has 0 spiro atoms. The molecule has 1 rings (SSSR count). The van der Waals surface area contributed by atoms with Gasteiger partial charge in [-0.3, -0.25) is 0 Å². The van der Waals surface area contributed by atoms with E-state index in [9.17, 15) is 4.79 Å². The van der Waals surface area contributed by atoms with Gasteiger partial charge in [-0.15, -0.1) is 0 Å². The maximum absolute atomic E-state index is 11.6. The van der Waals surface area contributed by atoms with Crippen molar-refractivity contribution in [2.75, 3.05) is 38.3 Å². The van der Waals surface area contributed by atoms with E-state index >= 15 is 0 Å². The number of aliphatic hydroxyl groups is 1. The zero-order chi connectivity index (χ0) is 13.2. The van der Waals surface area contributed by atoms with Crippen LogP contribution in [0.1, 0.15) is 17.3 Å². The van der Waals surface area contributed by atoms with Gasteiger partial charge in [0.1, 0.15) is 6.61 Å². The molecular weight excluding hydrogens is 234 g/mol. The third-order valence-corrected chi connectivity index (χ3v) is 2.23. The fourth-order valence-electron chi connectivity index (χ4n) is 1.35. The molecule has 5 nitrogen and oxygen atoms in total. The van der Waals surface area contributed by atoms with Crippen LogP contribution >= 0.6 is 0 Å². The molecule has 18 heavy (non-hydrogen) atoms. The van der Waals surface area contributed by atoms with E-state index < -0.39 is 0 Å². The molecular formula is C13H19NO4. The monoisotopic (exact) mass is 253 g/mol. The van der Waals surface area contributed by atoms with Crippen molar-refractivity contribution in [2.24, 2.45) is 0 Å². The van der Waals surface area contributed by atoms with Gasteiger partial charge in [0.25, 0.3) is 0 Å². The highest BCUT2D eigenvalue weighted by Crippen LogP contribution is 2.10. The lowest BCUT2D eigenvalue weighted by molar-refractivity contribution is 0.0335. The summed E-state index contributed by atoms with van der Waals surface area (Å²) in [5, 5.41) is 11.7. The number of carbonyl (C=O) groups excluding carboxylic acids is 1. The second-order valence-corrected chi connectivity index (χ2v) is 3.56. The van der Waals surface area contributed by atoms with Crippen molar-refractivity contribution in [3.8, 4) is 0 Å². The fourth-order valence-corrected chi connectivity index (χ4v) is 1.35. The standard InChI is InChI=1S/C13H19NO4/c1-2-17-9-10-18-13(16)11-3-5-12(6-4-11)14-7-8-15/h3-6,14-15H,2,7-10H2,1H3. The molecule has 0 unspecified atom stereocenters. The van der Waals surface area contributed by atoms with Crippen molar-refractivity contribution >= 4 is 11.7 Å². The maximum Gasteiger partial charge on any atom is 0.338 e. The van der Waals surface area contributed by atoms with E-state index in [1.54, 1.807) is 24.3 Å². The number of anilines is 1. The van der Waals surface area contributed by atoms with Crippen molar-refractivity contribution in [3.63, 3.8) is 0 Å². The Morgan fingerprint density at radius 1 is 1.28 bits per heavy atom. The lowest BCUT2D eigenvalue weighted by Gasteiger charge is -2.07. The summed E-state index contributed by atoms with van der Waals surface area (Å²) in [5.41, 5.74) is 1.36. The third-order valence-electron chi connectivity index (χ3n) is 2.23. The van der Waals surface area contributed by atoms with Gasteiger partial charge in [-0.05, 0) is 31.2 Å². The molecule has 0 aliphatic rings. The molecule has 0 amide bonds. The largest absolute Gasteiger partial charge is 0.460 e. The molecule has 2 N–H and O–H groups in total. The van der Waals surface area contributed by atoms with Gasteiger partial charge in [-0.2, -0.15) is 0 Å². The summed E-state index contributed by atoms with van der Waals surface area (Å²) in [7, 11) is 0. The normalized spacial score (nSPS) is 10.1. The average Bonchev–Trinajstić information content (AvgIpc) is 2.41. The molecule has 0 heterocycles. The van der Waals surface area contributed by atoms with Crippen molar-refractivity contribution in [3.05, 3.63) is 29.8 Å². The molecule has 5 heteroatoms. The lowest BCUT2D eigenvalue weighted by Crippen LogP contribution is -2.11. The van der Waals surface area contributed by atoms with Gasteiger partial charge in [0.15, 0.2) is 0 Å². The molecule has 0 radical (unpaired) electrons. The summed E-state index contributed by atoms with van der Waals surface area (Å²) >= 11 is 0. The zero-order valence-electron chi connectivity index (χ0n) is 10.5. The Kier molecular flexibility index (Phi) is 6.83. The molecule has 1 aromatic carbocycles. The first-order valence-corrected chi connectivity index (χ1v) is 5.97. The average molecular weight is 253 g/mol. The Morgan fingerprint density at radius 2 is 2.00 bits per heavy atom. The molecule has 1 aromatic rings. The SMILES string of the molecule is CCOCCOC(=O)c1ccc(NCCO)cc1. The predicted octanol–water partition coefficient (Wildman–Crippen LogP) is 1.28. The topological polar surface area (TPSA) is 67.8 Å². The van der Waals surface area contributed by atoms with Gasteiger partial charge in [0.2, 0.25) is 0 Å². The van der Waals surface area contributed by atoms with Crippen LogP contribution in [0, 0.1) is 0 Å². The number of aliphatic hydroxyl groups excluding tert-OH is 1. The highest BCUT2D eigenvalue weighted by molar-refractivity contribution is 5.89. The van der Waals surface area contributed by atoms with Gasteiger partial charge in [-0.1, -0.05) is 0 Å². The molecule has 0 atom stereocenters. The van der Waals surface area contributed by atoms with Gasteiger partial charge in [0, 0.05) is 18.8 Å². The quantitative estimate of drug-likeness (QED) is 0.539. The van der Waals surface area contributed by atoms with Crippen LogP contribution in [-0.4, -0.2) is 44.0 Å². The molecule has 0 bridgehead atoms. The van der Waals surface area contributed by atoms with E-state index in [0.717, 1.165) is 5.69 Å². The lowest BCUT2D eigenvalue weighted by atomic mass is 10.2. The van der Waals surface area contributed by atoms with Crippen LogP contribution in [0.3, 0.4) is 0 Å². The number of esters is 1. The zero-order valence-corrected chi connectivity index (χ0v) is 10.5. The van der Waals surface area contributed by atoms with Gasteiger partial charge < -0.3 is 19.9 Å². The Morgan fingerprint density at radius 3 is 2.61 bits per heavy atom. The van der Waals surface area contributed by atoms with E-state index in [-0.39, 0.29) is 19.2 Å². The van der Waals surface area contributed by atoms with E-state index in [1.165, 1.54) is 0 Å². The third kappa shape index (κ3) is 5.16. The molecule has 0 aromatic heterocycles. The predicted molar refractivity (Wildman–Crippen MR) is 68.8 cm³/mol. The minimum atomic E-state index is -0.358. The Bertz CT molecular complexity index is 351. The van der Waals surface area contributed by atoms with Crippen LogP contribution < -0.4 is 5.32 Å². The van der Waals surface area contributed by atoms with E-state index in [1.807, 2.05) is 6.92 Å². The van der Waals surface area contributed by atoms with Crippen LogP contribution in [-0.2, 0) is 9.47 Å². The van der Waals surface area contributed by atoms with Crippen molar-refractivity contribution in [1.82, 2.24) is 0 Å². The van der Waals surface area contributed by atoms with E-state index in [4.69, 9.17) is 14.6 Å². The van der Waals surface area contributed by atoms with Crippen LogP contribution in [0.4, 0.5) is 5.69 Å². The first kappa shape index (κ1) is 14.5. The number of hydrogen-bond acceptors (Lipinski definition) is 5. The second kappa shape index (κ2) is 8.49. The summed E-state index contributed by atoms with van der Waals surface area (Å²) in [6.07, 6.45) is 0. The highest BCUT2D eigenvalue weighted by atomic mass is 16.6. The minimum Gasteiger partial charge on any atom is -0.460 e. The van der Waals surface area contributed by atoms with Crippen LogP contribution in [0.5, 0.6) is 0 Å². The van der Waals surface area contributed by atoms with Crippen LogP contribution in [0.2, 0.25) is 0 Å². The fraction of sp³-hybridized carbons (Fsp3) is 0.462. The number of benzene rings is 1. The molecule has 0 aliphatic carbocycles. The summed E-state index contributed by atoms with van der Waals surface area (Å²) in [6, 6.07) is 6.91. The second-order valence-electron chi connectivity index (χ2n) is 3.56. The number of hydrogen-bond donors (Lipinski definition) is 2. The maximum atomic E-state index is 11.6. The molecule has 0 saturated heterocycles. The Labute approximate surface area is 107 Å². The summed E-state index contributed by atoms with van der Waals surface area (Å²) in [4.78, 5) is 11.6. The van der Waals surface area contributed by atoms with E-state index in [0.29, 0.717) is 25.3 Å². The van der Waals surface area contributed by atoms with Crippen molar-refractivity contribution in [2.45, 2.75) is 6.92 Å². The smallest absolute Gasteiger partial charge is 0.338 e. The Balaban J connectivity index is 2.38. The number of rotatable bonds is 8. The van der Waals surface area contributed by atoms with Gasteiger partial charge in [-0.25, -0.2) is 4.79 Å². The molecule has 0 fully saturated rings. The summed E-state index contributed by atoms with van der Waals surface area (Å²) < 4.78 is 10.1. The Hall–Kier alpha value is -1.59. The van der Waals surface area contributed by atoms with Crippen molar-refractivity contribution in [1.29, 1.82) is 0 Å². The van der Waals surface area contributed by atoms with Crippen LogP contribution in [0.25, 0.3) is 0 Å². The van der Waals surface area contributed by atoms with Crippen LogP contribution in [0.15, 0.2) is 24.3 Å². The van der Waals surface area contributed by atoms with Gasteiger partial charge >= 0.3 is 5.97 Å². The number of nitrogens with one attached hydrogen (secondary N) is 1. The van der Waals surface area contributed by atoms with Crippen molar-refractivity contribution < 1.29 is 19.4 Å². The number of ether oxygens (including phenoxy) is 2. The number of carbonyl (C=O) groups is 1. The molecule has 0 saturated carbocycles. The summed E-state index contributed by atoms with van der Waals surface area (Å²) in [5.74, 6) is -0.358.